The van der Waals surface area contributed by atoms with Crippen molar-refractivity contribution in [2.75, 3.05) is 26.8 Å². The van der Waals surface area contributed by atoms with Gasteiger partial charge in [0.1, 0.15) is 16.6 Å². The number of aromatic nitrogens is 2. The molecule has 7 nitrogen and oxygen atoms in total. The molecule has 0 aromatic carbocycles. The van der Waals surface area contributed by atoms with Crippen molar-refractivity contribution in [1.82, 2.24) is 20.2 Å². The molecule has 8 heteroatoms. The summed E-state index contributed by atoms with van der Waals surface area (Å²) in [5.74, 6) is 0.418. The van der Waals surface area contributed by atoms with Crippen molar-refractivity contribution in [2.45, 2.75) is 12.6 Å². The van der Waals surface area contributed by atoms with E-state index in [0.717, 1.165) is 0 Å². The first kappa shape index (κ1) is 14.2. The Hall–Kier alpha value is -1.77. The summed E-state index contributed by atoms with van der Waals surface area (Å²) >= 11 is 1.36. The molecule has 1 aliphatic rings. The summed E-state index contributed by atoms with van der Waals surface area (Å²) in [7, 11) is 1.69. The van der Waals surface area contributed by atoms with Crippen LogP contribution in [0, 0.1) is 0 Å². The first-order chi connectivity index (χ1) is 10.1. The number of likely N-dealkylation sites (N-methyl/N-ethyl adjacent to an activating group) is 1. The fraction of sp³-hybridized carbons (Fsp3) is 0.462. The Morgan fingerprint density at radius 2 is 2.48 bits per heavy atom. The number of thiophene rings is 1. The maximum absolute atomic E-state index is 12.3. The van der Waals surface area contributed by atoms with Crippen LogP contribution in [-0.4, -0.2) is 53.6 Å². The summed E-state index contributed by atoms with van der Waals surface area (Å²) in [6, 6.07) is 1.47. The molecule has 2 aromatic rings. The van der Waals surface area contributed by atoms with Crippen molar-refractivity contribution in [3.05, 3.63) is 27.6 Å². The van der Waals surface area contributed by atoms with E-state index >= 15 is 0 Å². The molecule has 1 saturated heterocycles. The Balaban J connectivity index is 1.74. The lowest BCUT2D eigenvalue weighted by molar-refractivity contribution is -0.135. The summed E-state index contributed by atoms with van der Waals surface area (Å²) in [6.45, 7) is 1.92. The van der Waals surface area contributed by atoms with Crippen molar-refractivity contribution in [3.63, 3.8) is 0 Å². The second-order valence-electron chi connectivity index (χ2n) is 4.92. The van der Waals surface area contributed by atoms with Crippen LogP contribution in [0.15, 0.2) is 16.2 Å². The minimum absolute atomic E-state index is 0.0669. The maximum Gasteiger partial charge on any atom is 0.268 e. The minimum Gasteiger partial charge on any atom is -0.378 e. The Morgan fingerprint density at radius 1 is 1.62 bits per heavy atom. The van der Waals surface area contributed by atoms with Crippen LogP contribution in [0.25, 0.3) is 10.2 Å². The van der Waals surface area contributed by atoms with Gasteiger partial charge in [0.25, 0.3) is 5.56 Å². The van der Waals surface area contributed by atoms with E-state index in [-0.39, 0.29) is 24.1 Å². The van der Waals surface area contributed by atoms with E-state index in [1.54, 1.807) is 18.0 Å². The van der Waals surface area contributed by atoms with Gasteiger partial charge in [-0.3, -0.25) is 9.59 Å². The molecule has 112 valence electrons. The van der Waals surface area contributed by atoms with E-state index in [2.05, 4.69) is 15.3 Å². The Morgan fingerprint density at radius 3 is 3.24 bits per heavy atom. The smallest absolute Gasteiger partial charge is 0.268 e. The van der Waals surface area contributed by atoms with E-state index in [1.165, 1.54) is 11.3 Å². The second kappa shape index (κ2) is 5.92. The number of hydrogen-bond acceptors (Lipinski definition) is 6. The van der Waals surface area contributed by atoms with E-state index in [1.807, 2.05) is 5.38 Å². The molecule has 2 N–H and O–H groups in total. The number of H-pyrrole nitrogens is 1. The highest BCUT2D eigenvalue weighted by Gasteiger charge is 2.24. The van der Waals surface area contributed by atoms with Crippen LogP contribution in [0.5, 0.6) is 0 Å². The molecule has 21 heavy (non-hydrogen) atoms. The molecule has 2 aromatic heterocycles. The zero-order chi connectivity index (χ0) is 14.8. The molecule has 0 saturated carbocycles. The number of fused-ring (bicyclic) bond motifs is 1. The minimum atomic E-state index is -0.333. The number of rotatable bonds is 3. The van der Waals surface area contributed by atoms with Crippen molar-refractivity contribution < 1.29 is 9.53 Å². The van der Waals surface area contributed by atoms with Gasteiger partial charge in [-0.2, -0.15) is 0 Å². The normalized spacial score (nSPS) is 18.8. The molecule has 0 radical (unpaired) electrons. The molecule has 1 amide bonds. The molecule has 3 heterocycles. The SMILES string of the molecule is CN(Cc1nc2ccsc2c(=O)[nH]1)C(=O)C1COCCN1. The predicted molar refractivity (Wildman–Crippen MR) is 79.3 cm³/mol. The average Bonchev–Trinajstić information content (AvgIpc) is 2.96. The van der Waals surface area contributed by atoms with Crippen LogP contribution in [0.2, 0.25) is 0 Å². The third-order valence-corrected chi connectivity index (χ3v) is 4.25. The molecule has 1 aliphatic heterocycles. The molecule has 0 spiro atoms. The average molecular weight is 308 g/mol. The van der Waals surface area contributed by atoms with Crippen molar-refractivity contribution in [3.8, 4) is 0 Å². The van der Waals surface area contributed by atoms with Gasteiger partial charge in [-0.15, -0.1) is 11.3 Å². The zero-order valence-corrected chi connectivity index (χ0v) is 12.4. The van der Waals surface area contributed by atoms with Crippen molar-refractivity contribution in [1.29, 1.82) is 0 Å². The zero-order valence-electron chi connectivity index (χ0n) is 11.6. The fourth-order valence-electron chi connectivity index (χ4n) is 2.29. The Bertz CT molecular complexity index is 705. The van der Waals surface area contributed by atoms with Crippen LogP contribution >= 0.6 is 11.3 Å². The van der Waals surface area contributed by atoms with Gasteiger partial charge in [0, 0.05) is 13.6 Å². The summed E-state index contributed by atoms with van der Waals surface area (Å²) < 4.78 is 5.89. The number of nitrogens with one attached hydrogen (secondary N) is 2. The summed E-state index contributed by atoms with van der Waals surface area (Å²) in [4.78, 5) is 32.8. The van der Waals surface area contributed by atoms with Gasteiger partial charge in [0.2, 0.25) is 5.91 Å². The lowest BCUT2D eigenvalue weighted by Crippen LogP contribution is -2.51. The van der Waals surface area contributed by atoms with Gasteiger partial charge < -0.3 is 19.9 Å². The molecule has 1 atom stereocenters. The predicted octanol–water partition coefficient (Wildman–Crippen LogP) is -0.0686. The van der Waals surface area contributed by atoms with E-state index in [4.69, 9.17) is 4.74 Å². The first-order valence-electron chi connectivity index (χ1n) is 6.67. The lowest BCUT2D eigenvalue weighted by atomic mass is 10.2. The van der Waals surface area contributed by atoms with Gasteiger partial charge in [-0.25, -0.2) is 4.98 Å². The van der Waals surface area contributed by atoms with Crippen molar-refractivity contribution in [2.24, 2.45) is 0 Å². The standard InChI is InChI=1S/C13H16N4O3S/c1-17(13(19)9-7-20-4-3-14-9)6-10-15-8-2-5-21-11(8)12(18)16-10/h2,5,9,14H,3-4,6-7H2,1H3,(H,15,16,18). The van der Waals surface area contributed by atoms with Gasteiger partial charge in [-0.05, 0) is 11.4 Å². The van der Waals surface area contributed by atoms with Crippen LogP contribution in [0.4, 0.5) is 0 Å². The number of hydrogen-bond donors (Lipinski definition) is 2. The highest BCUT2D eigenvalue weighted by molar-refractivity contribution is 7.17. The van der Waals surface area contributed by atoms with Crippen molar-refractivity contribution >= 4 is 27.5 Å². The quantitative estimate of drug-likeness (QED) is 0.829. The molecule has 3 rings (SSSR count). The van der Waals surface area contributed by atoms with E-state index in [0.29, 0.717) is 35.8 Å². The maximum atomic E-state index is 12.3. The molecular weight excluding hydrogens is 292 g/mol. The third-order valence-electron chi connectivity index (χ3n) is 3.35. The van der Waals surface area contributed by atoms with Gasteiger partial charge in [0.05, 0.1) is 25.3 Å². The van der Waals surface area contributed by atoms with Crippen LogP contribution < -0.4 is 10.9 Å². The monoisotopic (exact) mass is 308 g/mol. The molecular formula is C13H16N4O3S. The van der Waals surface area contributed by atoms with Gasteiger partial charge in [-0.1, -0.05) is 0 Å². The molecule has 0 bridgehead atoms. The number of ether oxygens (including phenoxy) is 1. The number of amides is 1. The number of aromatic amines is 1. The van der Waals surface area contributed by atoms with E-state index < -0.39 is 0 Å². The topological polar surface area (TPSA) is 87.3 Å². The largest absolute Gasteiger partial charge is 0.378 e. The highest BCUT2D eigenvalue weighted by Crippen LogP contribution is 2.14. The summed E-state index contributed by atoms with van der Waals surface area (Å²) in [5.41, 5.74) is 0.503. The lowest BCUT2D eigenvalue weighted by Gasteiger charge is -2.27. The second-order valence-corrected chi connectivity index (χ2v) is 5.84. The first-order valence-corrected chi connectivity index (χ1v) is 7.55. The van der Waals surface area contributed by atoms with Gasteiger partial charge in [0.15, 0.2) is 0 Å². The number of morpholine rings is 1. The van der Waals surface area contributed by atoms with E-state index in [9.17, 15) is 9.59 Å². The van der Waals surface area contributed by atoms with Gasteiger partial charge >= 0.3 is 0 Å². The van der Waals surface area contributed by atoms with Crippen LogP contribution in [0.3, 0.4) is 0 Å². The van der Waals surface area contributed by atoms with Crippen LogP contribution in [0.1, 0.15) is 5.82 Å². The van der Waals surface area contributed by atoms with Crippen LogP contribution in [-0.2, 0) is 16.1 Å². The molecule has 1 unspecified atom stereocenters. The molecule has 0 aliphatic carbocycles. The third kappa shape index (κ3) is 2.97. The summed E-state index contributed by atoms with van der Waals surface area (Å²) in [5, 5.41) is 4.94. The Labute approximate surface area is 124 Å². The fourth-order valence-corrected chi connectivity index (χ4v) is 3.01. The Kier molecular flexibility index (Phi) is 4.00. The number of carbonyl (C=O) groups is 1. The number of carbonyl (C=O) groups excluding carboxylic acids is 1. The summed E-state index contributed by atoms with van der Waals surface area (Å²) in [6.07, 6.45) is 0. The highest BCUT2D eigenvalue weighted by atomic mass is 32.1. The number of nitrogens with zero attached hydrogens (tertiary/aromatic N) is 2. The molecule has 1 fully saturated rings.